The van der Waals surface area contributed by atoms with Crippen molar-refractivity contribution in [1.29, 1.82) is 0 Å². The van der Waals surface area contributed by atoms with Crippen molar-refractivity contribution in [3.8, 4) is 10.4 Å². The number of rotatable bonds is 5. The van der Waals surface area contributed by atoms with E-state index in [9.17, 15) is 19.2 Å². The van der Waals surface area contributed by atoms with Crippen LogP contribution in [-0.4, -0.2) is 67.0 Å². The number of anilines is 1. The van der Waals surface area contributed by atoms with Crippen molar-refractivity contribution in [2.75, 3.05) is 32.5 Å². The topological polar surface area (TPSA) is 148 Å². The van der Waals surface area contributed by atoms with Crippen molar-refractivity contribution < 1.29 is 23.9 Å². The van der Waals surface area contributed by atoms with Gasteiger partial charge in [0.15, 0.2) is 0 Å². The number of nitrogens with one attached hydrogen (secondary N) is 1. The Labute approximate surface area is 189 Å². The first-order valence-corrected chi connectivity index (χ1v) is 10.7. The van der Waals surface area contributed by atoms with Gasteiger partial charge in [0.2, 0.25) is 0 Å². The van der Waals surface area contributed by atoms with Crippen LogP contribution in [0.4, 0.5) is 14.6 Å². The number of primary amides is 2. The fourth-order valence-electron chi connectivity index (χ4n) is 3.40. The number of piperidine rings is 1. The molecular formula is C21H25N5O5S. The van der Waals surface area contributed by atoms with Gasteiger partial charge in [0.05, 0.1) is 12.1 Å². The standard InChI is InChI=1S/C21H25N5O5S/c1-25(2)18(27)13-6-3-5-12(9-13)16-10-15(17(32-16)24-20(22)29)19(28)31-14-7-4-8-26(11-14)21(23)30/h3,5-6,9-10,14H,4,7-8,11H2,1-2H3,(H2,23,30)(H3,22,24,29). The molecule has 1 unspecified atom stereocenters. The van der Waals surface area contributed by atoms with E-state index in [0.717, 1.165) is 11.3 Å². The molecule has 3 rings (SSSR count). The molecular weight excluding hydrogens is 434 g/mol. The maximum Gasteiger partial charge on any atom is 0.341 e. The Morgan fingerprint density at radius 3 is 2.59 bits per heavy atom. The van der Waals surface area contributed by atoms with Gasteiger partial charge in [0.25, 0.3) is 5.91 Å². The van der Waals surface area contributed by atoms with Crippen LogP contribution in [0.25, 0.3) is 10.4 Å². The van der Waals surface area contributed by atoms with Crippen molar-refractivity contribution in [3.63, 3.8) is 0 Å². The van der Waals surface area contributed by atoms with Crippen molar-refractivity contribution >= 4 is 40.3 Å². The number of ether oxygens (including phenoxy) is 1. The second kappa shape index (κ2) is 9.69. The van der Waals surface area contributed by atoms with Gasteiger partial charge in [-0.3, -0.25) is 10.1 Å². The minimum Gasteiger partial charge on any atom is -0.457 e. The summed E-state index contributed by atoms with van der Waals surface area (Å²) in [6.45, 7) is 0.730. The lowest BCUT2D eigenvalue weighted by atomic mass is 10.1. The van der Waals surface area contributed by atoms with E-state index in [0.29, 0.717) is 35.4 Å². The third kappa shape index (κ3) is 5.35. The van der Waals surface area contributed by atoms with Crippen molar-refractivity contribution in [3.05, 3.63) is 41.5 Å². The molecule has 1 atom stereocenters. The maximum atomic E-state index is 12.9. The number of esters is 1. The summed E-state index contributed by atoms with van der Waals surface area (Å²) in [6, 6.07) is 7.16. The number of urea groups is 2. The molecule has 1 aromatic heterocycles. The average molecular weight is 460 g/mol. The Hall–Kier alpha value is -3.60. The zero-order valence-electron chi connectivity index (χ0n) is 17.8. The quantitative estimate of drug-likeness (QED) is 0.587. The first kappa shape index (κ1) is 23.1. The molecule has 1 aliphatic heterocycles. The molecule has 0 spiro atoms. The number of hydrogen-bond acceptors (Lipinski definition) is 6. The van der Waals surface area contributed by atoms with Crippen molar-refractivity contribution in [2.45, 2.75) is 18.9 Å². The number of benzene rings is 1. The van der Waals surface area contributed by atoms with E-state index in [1.54, 1.807) is 44.4 Å². The molecule has 1 saturated heterocycles. The van der Waals surface area contributed by atoms with Crippen LogP contribution in [0.2, 0.25) is 0 Å². The number of hydrogen-bond donors (Lipinski definition) is 3. The predicted octanol–water partition coefficient (Wildman–Crippen LogP) is 2.31. The molecule has 2 aromatic rings. The lowest BCUT2D eigenvalue weighted by Gasteiger charge is -2.31. The van der Waals surface area contributed by atoms with E-state index in [-0.39, 0.29) is 23.0 Å². The van der Waals surface area contributed by atoms with Crippen LogP contribution in [-0.2, 0) is 4.74 Å². The SMILES string of the molecule is CN(C)C(=O)c1cccc(-c2cc(C(=O)OC3CCCN(C(N)=O)C3)c(NC(N)=O)s2)c1. The molecule has 1 aromatic carbocycles. The number of thiophene rings is 1. The molecule has 1 fully saturated rings. The first-order valence-electron chi connectivity index (χ1n) is 9.93. The van der Waals surface area contributed by atoms with E-state index < -0.39 is 24.1 Å². The lowest BCUT2D eigenvalue weighted by Crippen LogP contribution is -2.46. The highest BCUT2D eigenvalue weighted by atomic mass is 32.1. The van der Waals surface area contributed by atoms with Gasteiger partial charge in [-0.25, -0.2) is 14.4 Å². The second-order valence-corrected chi connectivity index (χ2v) is 8.63. The normalized spacial score (nSPS) is 15.7. The Morgan fingerprint density at radius 2 is 1.94 bits per heavy atom. The summed E-state index contributed by atoms with van der Waals surface area (Å²) < 4.78 is 5.59. The zero-order chi connectivity index (χ0) is 23.4. The summed E-state index contributed by atoms with van der Waals surface area (Å²) >= 11 is 1.14. The van der Waals surface area contributed by atoms with E-state index in [1.165, 1.54) is 9.80 Å². The fraction of sp³-hybridized carbons (Fsp3) is 0.333. The number of nitrogens with two attached hydrogens (primary N) is 2. The van der Waals surface area contributed by atoms with Gasteiger partial charge in [0.1, 0.15) is 11.1 Å². The van der Waals surface area contributed by atoms with Gasteiger partial charge < -0.3 is 26.0 Å². The van der Waals surface area contributed by atoms with Gasteiger partial charge in [-0.1, -0.05) is 12.1 Å². The molecule has 11 heteroatoms. The van der Waals surface area contributed by atoms with Crippen LogP contribution in [0, 0.1) is 0 Å². The molecule has 1 aliphatic rings. The number of nitrogens with zero attached hydrogens (tertiary/aromatic N) is 2. The van der Waals surface area contributed by atoms with Crippen LogP contribution in [0.1, 0.15) is 33.6 Å². The molecule has 5 N–H and O–H groups in total. The largest absolute Gasteiger partial charge is 0.457 e. The van der Waals surface area contributed by atoms with Gasteiger partial charge in [-0.05, 0) is 36.6 Å². The smallest absolute Gasteiger partial charge is 0.341 e. The van der Waals surface area contributed by atoms with Crippen molar-refractivity contribution in [1.82, 2.24) is 9.80 Å². The minimum absolute atomic E-state index is 0.143. The Bertz CT molecular complexity index is 1050. The third-order valence-electron chi connectivity index (χ3n) is 4.95. The third-order valence-corrected chi connectivity index (χ3v) is 6.05. The van der Waals surface area contributed by atoms with Crippen LogP contribution in [0.3, 0.4) is 0 Å². The van der Waals surface area contributed by atoms with E-state index >= 15 is 0 Å². The Kier molecular flexibility index (Phi) is 6.98. The maximum absolute atomic E-state index is 12.9. The molecule has 0 saturated carbocycles. The monoisotopic (exact) mass is 459 g/mol. The first-order chi connectivity index (χ1) is 15.2. The molecule has 32 heavy (non-hydrogen) atoms. The summed E-state index contributed by atoms with van der Waals surface area (Å²) in [7, 11) is 3.32. The van der Waals surface area contributed by atoms with Crippen LogP contribution in [0.5, 0.6) is 0 Å². The Balaban J connectivity index is 1.87. The average Bonchev–Trinajstić information content (AvgIpc) is 3.16. The van der Waals surface area contributed by atoms with Gasteiger partial charge >= 0.3 is 18.0 Å². The summed E-state index contributed by atoms with van der Waals surface area (Å²) in [4.78, 5) is 51.6. The molecule has 10 nitrogen and oxygen atoms in total. The van der Waals surface area contributed by atoms with Crippen LogP contribution < -0.4 is 16.8 Å². The van der Waals surface area contributed by atoms with Gasteiger partial charge in [0, 0.05) is 31.1 Å². The molecule has 170 valence electrons. The van der Waals surface area contributed by atoms with Gasteiger partial charge in [-0.15, -0.1) is 11.3 Å². The second-order valence-electron chi connectivity index (χ2n) is 7.58. The number of likely N-dealkylation sites (tertiary alicyclic amines) is 1. The molecule has 2 heterocycles. The molecule has 0 radical (unpaired) electrons. The Morgan fingerprint density at radius 1 is 1.19 bits per heavy atom. The minimum atomic E-state index is -0.818. The predicted molar refractivity (Wildman–Crippen MR) is 121 cm³/mol. The highest BCUT2D eigenvalue weighted by molar-refractivity contribution is 7.20. The fourth-order valence-corrected chi connectivity index (χ4v) is 4.45. The molecule has 0 bridgehead atoms. The zero-order valence-corrected chi connectivity index (χ0v) is 18.6. The van der Waals surface area contributed by atoms with Gasteiger partial charge in [-0.2, -0.15) is 0 Å². The van der Waals surface area contributed by atoms with E-state index in [4.69, 9.17) is 16.2 Å². The molecule has 5 amide bonds. The molecule has 0 aliphatic carbocycles. The van der Waals surface area contributed by atoms with Crippen LogP contribution >= 0.6 is 11.3 Å². The summed E-state index contributed by atoms with van der Waals surface area (Å²) in [6.07, 6.45) is 0.754. The lowest BCUT2D eigenvalue weighted by molar-refractivity contribution is 0.0129. The summed E-state index contributed by atoms with van der Waals surface area (Å²) in [5.74, 6) is -0.803. The van der Waals surface area contributed by atoms with Crippen molar-refractivity contribution in [2.24, 2.45) is 11.5 Å². The number of carbonyl (C=O) groups is 4. The van der Waals surface area contributed by atoms with Crippen LogP contribution in [0.15, 0.2) is 30.3 Å². The highest BCUT2D eigenvalue weighted by Crippen LogP contribution is 2.36. The van der Waals surface area contributed by atoms with E-state index in [2.05, 4.69) is 5.32 Å². The summed E-state index contributed by atoms with van der Waals surface area (Å²) in [5, 5.41) is 2.70. The highest BCUT2D eigenvalue weighted by Gasteiger charge is 2.27. The van der Waals surface area contributed by atoms with E-state index in [1.807, 2.05) is 0 Å². The number of carbonyl (C=O) groups excluding carboxylic acids is 4. The summed E-state index contributed by atoms with van der Waals surface area (Å²) in [5.41, 5.74) is 11.9. The number of amides is 5.